The van der Waals surface area contributed by atoms with E-state index >= 15 is 0 Å². The zero-order valence-electron chi connectivity index (χ0n) is 9.46. The Morgan fingerprint density at radius 1 is 1.11 bits per heavy atom. The number of aromatic nitrogens is 2. The minimum Gasteiger partial charge on any atom is -0.280 e. The van der Waals surface area contributed by atoms with Gasteiger partial charge >= 0.3 is 0 Å². The molecule has 1 aromatic carbocycles. The van der Waals surface area contributed by atoms with Gasteiger partial charge in [-0.3, -0.25) is 4.72 Å². The van der Waals surface area contributed by atoms with E-state index in [0.29, 0.717) is 5.69 Å². The van der Waals surface area contributed by atoms with Gasteiger partial charge in [0.2, 0.25) is 5.28 Å². The summed E-state index contributed by atoms with van der Waals surface area (Å²) in [4.78, 5) is 7.24. The molecule has 2 rings (SSSR count). The number of hydrogen-bond acceptors (Lipinski definition) is 4. The fourth-order valence-electron chi connectivity index (χ4n) is 1.27. The van der Waals surface area contributed by atoms with Crippen molar-refractivity contribution in [2.75, 3.05) is 4.72 Å². The van der Waals surface area contributed by atoms with Crippen molar-refractivity contribution in [2.24, 2.45) is 0 Å². The molecule has 0 unspecified atom stereocenters. The summed E-state index contributed by atoms with van der Waals surface area (Å²) in [6.45, 7) is 1.92. The van der Waals surface area contributed by atoms with Gasteiger partial charge in [-0.2, -0.15) is 0 Å². The first kappa shape index (κ1) is 12.8. The summed E-state index contributed by atoms with van der Waals surface area (Å²) in [5.74, 6) is 0. The van der Waals surface area contributed by atoms with Crippen LogP contribution in [0.3, 0.4) is 0 Å². The molecule has 0 radical (unpaired) electrons. The molecule has 0 aliphatic heterocycles. The lowest BCUT2D eigenvalue weighted by atomic mass is 10.2. The quantitative estimate of drug-likeness (QED) is 0.877. The third-order valence-corrected chi connectivity index (χ3v) is 3.74. The molecule has 0 aliphatic carbocycles. The lowest BCUT2D eigenvalue weighted by Gasteiger charge is -2.07. The third-order valence-electron chi connectivity index (χ3n) is 2.21. The zero-order chi connectivity index (χ0) is 13.2. The number of anilines is 1. The van der Waals surface area contributed by atoms with Crippen molar-refractivity contribution in [3.8, 4) is 0 Å². The second-order valence-corrected chi connectivity index (χ2v) is 5.68. The van der Waals surface area contributed by atoms with Gasteiger partial charge in [-0.25, -0.2) is 18.4 Å². The largest absolute Gasteiger partial charge is 0.280 e. The molecule has 18 heavy (non-hydrogen) atoms. The number of hydrogen-bond donors (Lipinski definition) is 1. The lowest BCUT2D eigenvalue weighted by molar-refractivity contribution is 0.600. The van der Waals surface area contributed by atoms with E-state index in [0.717, 1.165) is 18.0 Å². The van der Waals surface area contributed by atoms with Crippen LogP contribution in [0.1, 0.15) is 5.56 Å². The molecule has 1 heterocycles. The molecule has 0 spiro atoms. The van der Waals surface area contributed by atoms with Crippen molar-refractivity contribution in [3.63, 3.8) is 0 Å². The van der Waals surface area contributed by atoms with Crippen molar-refractivity contribution in [1.82, 2.24) is 9.97 Å². The number of benzene rings is 1. The maximum atomic E-state index is 12.0. The van der Waals surface area contributed by atoms with Crippen LogP contribution in [-0.4, -0.2) is 18.4 Å². The molecule has 5 nitrogen and oxygen atoms in total. The molecule has 0 amide bonds. The van der Waals surface area contributed by atoms with E-state index in [1.54, 1.807) is 12.1 Å². The first-order valence-corrected chi connectivity index (χ1v) is 6.90. The van der Waals surface area contributed by atoms with Gasteiger partial charge in [-0.15, -0.1) is 0 Å². The number of sulfonamides is 1. The smallest absolute Gasteiger partial charge is 0.264 e. The van der Waals surface area contributed by atoms with Gasteiger partial charge in [0.25, 0.3) is 10.0 Å². The molecule has 0 fully saturated rings. The second kappa shape index (κ2) is 4.91. The highest BCUT2D eigenvalue weighted by Crippen LogP contribution is 2.15. The summed E-state index contributed by atoms with van der Waals surface area (Å²) < 4.78 is 26.4. The van der Waals surface area contributed by atoms with E-state index in [1.165, 1.54) is 0 Å². The summed E-state index contributed by atoms with van der Waals surface area (Å²) in [5.41, 5.74) is 1.53. The van der Waals surface area contributed by atoms with Crippen LogP contribution in [0.25, 0.3) is 0 Å². The van der Waals surface area contributed by atoms with Gasteiger partial charge in [0.05, 0.1) is 12.4 Å². The summed E-state index contributed by atoms with van der Waals surface area (Å²) >= 11 is 5.50. The molecule has 2 aromatic rings. The predicted octanol–water partition coefficient (Wildman–Crippen LogP) is 2.24. The van der Waals surface area contributed by atoms with Gasteiger partial charge in [0.15, 0.2) is 0 Å². The Morgan fingerprint density at radius 3 is 2.22 bits per heavy atom. The normalized spacial score (nSPS) is 11.2. The van der Waals surface area contributed by atoms with E-state index in [4.69, 9.17) is 11.6 Å². The van der Waals surface area contributed by atoms with E-state index < -0.39 is 10.0 Å². The average Bonchev–Trinajstić information content (AvgIpc) is 2.32. The summed E-state index contributed by atoms with van der Waals surface area (Å²) in [7, 11) is -3.68. The summed E-state index contributed by atoms with van der Waals surface area (Å²) in [5, 5.41) is 0.00397. The lowest BCUT2D eigenvalue weighted by Crippen LogP contribution is -2.13. The Labute approximate surface area is 110 Å². The molecule has 0 aliphatic rings. The molecule has 1 aromatic heterocycles. The van der Waals surface area contributed by atoms with E-state index in [1.807, 2.05) is 19.1 Å². The molecule has 0 atom stereocenters. The number of rotatable bonds is 3. The van der Waals surface area contributed by atoms with E-state index in [-0.39, 0.29) is 10.2 Å². The minimum atomic E-state index is -3.68. The van der Waals surface area contributed by atoms with Crippen LogP contribution in [0.15, 0.2) is 41.6 Å². The Morgan fingerprint density at radius 2 is 1.67 bits per heavy atom. The first-order valence-electron chi connectivity index (χ1n) is 5.04. The van der Waals surface area contributed by atoms with Crippen LogP contribution in [0.4, 0.5) is 5.69 Å². The Hall–Kier alpha value is -1.66. The average molecular weight is 284 g/mol. The van der Waals surface area contributed by atoms with Crippen LogP contribution >= 0.6 is 11.6 Å². The number of halogens is 1. The van der Waals surface area contributed by atoms with Crippen LogP contribution in [0.2, 0.25) is 5.28 Å². The number of nitrogens with one attached hydrogen (secondary N) is 1. The van der Waals surface area contributed by atoms with Crippen LogP contribution < -0.4 is 4.72 Å². The SMILES string of the molecule is Cc1ccc(NS(=O)(=O)c2cnc(Cl)nc2)cc1. The second-order valence-electron chi connectivity index (χ2n) is 3.66. The summed E-state index contributed by atoms with van der Waals surface area (Å²) in [6, 6.07) is 7.00. The Bertz CT molecular complexity index is 639. The molecule has 7 heteroatoms. The predicted molar refractivity (Wildman–Crippen MR) is 69.0 cm³/mol. The van der Waals surface area contributed by atoms with Crippen molar-refractivity contribution in [3.05, 3.63) is 47.5 Å². The molecule has 0 bridgehead atoms. The highest BCUT2D eigenvalue weighted by molar-refractivity contribution is 7.92. The highest BCUT2D eigenvalue weighted by atomic mass is 35.5. The maximum Gasteiger partial charge on any atom is 0.264 e. The van der Waals surface area contributed by atoms with Crippen molar-refractivity contribution < 1.29 is 8.42 Å². The number of nitrogens with zero attached hydrogens (tertiary/aromatic N) is 2. The molecular weight excluding hydrogens is 274 g/mol. The van der Waals surface area contributed by atoms with Crippen LogP contribution in [0.5, 0.6) is 0 Å². The van der Waals surface area contributed by atoms with Crippen LogP contribution in [0, 0.1) is 6.92 Å². The van der Waals surface area contributed by atoms with Gasteiger partial charge in [0.1, 0.15) is 4.90 Å². The molecule has 0 saturated heterocycles. The minimum absolute atomic E-state index is 0.00397. The van der Waals surface area contributed by atoms with Crippen LogP contribution in [-0.2, 0) is 10.0 Å². The first-order chi connectivity index (χ1) is 8.47. The number of aryl methyl sites for hydroxylation is 1. The van der Waals surface area contributed by atoms with Gasteiger partial charge in [0, 0.05) is 5.69 Å². The van der Waals surface area contributed by atoms with Gasteiger partial charge in [-0.05, 0) is 30.7 Å². The highest BCUT2D eigenvalue weighted by Gasteiger charge is 2.15. The van der Waals surface area contributed by atoms with Crippen molar-refractivity contribution in [1.29, 1.82) is 0 Å². The van der Waals surface area contributed by atoms with E-state index in [2.05, 4.69) is 14.7 Å². The fourth-order valence-corrected chi connectivity index (χ4v) is 2.32. The molecular formula is C11H10ClN3O2S. The van der Waals surface area contributed by atoms with E-state index in [9.17, 15) is 8.42 Å². The standard InChI is InChI=1S/C11H10ClN3O2S/c1-8-2-4-9(5-3-8)15-18(16,17)10-6-13-11(12)14-7-10/h2-7,15H,1H3. The molecule has 0 saturated carbocycles. The summed E-state index contributed by atoms with van der Waals surface area (Å²) in [6.07, 6.45) is 2.32. The monoisotopic (exact) mass is 283 g/mol. The molecule has 94 valence electrons. The fraction of sp³-hybridized carbons (Fsp3) is 0.0909. The zero-order valence-corrected chi connectivity index (χ0v) is 11.0. The van der Waals surface area contributed by atoms with Crippen molar-refractivity contribution >= 4 is 27.3 Å². The third kappa shape index (κ3) is 2.96. The van der Waals surface area contributed by atoms with Gasteiger partial charge < -0.3 is 0 Å². The van der Waals surface area contributed by atoms with Gasteiger partial charge in [-0.1, -0.05) is 17.7 Å². The topological polar surface area (TPSA) is 72.0 Å². The Kier molecular flexibility index (Phi) is 3.49. The Balaban J connectivity index is 2.27. The molecule has 1 N–H and O–H groups in total. The van der Waals surface area contributed by atoms with Crippen molar-refractivity contribution in [2.45, 2.75) is 11.8 Å². The maximum absolute atomic E-state index is 12.0.